The van der Waals surface area contributed by atoms with Crippen molar-refractivity contribution in [2.24, 2.45) is 0 Å². The summed E-state index contributed by atoms with van der Waals surface area (Å²) in [4.78, 5) is 5.65. The van der Waals surface area contributed by atoms with E-state index < -0.39 is 0 Å². The van der Waals surface area contributed by atoms with Crippen LogP contribution >= 0.6 is 0 Å². The van der Waals surface area contributed by atoms with Gasteiger partial charge in [0, 0.05) is 39.1 Å². The first-order valence-electron chi connectivity index (χ1n) is 21.7. The molecule has 1 saturated carbocycles. The van der Waals surface area contributed by atoms with Gasteiger partial charge in [-0.1, -0.05) is 151 Å². The molecular weight excluding hydrogens is 699 g/mol. The summed E-state index contributed by atoms with van der Waals surface area (Å²) in [6, 6.07) is 51.9. The smallest absolute Gasteiger partial charge is 0.333 e. The Morgan fingerprint density at radius 2 is 1.26 bits per heavy atom. The Morgan fingerprint density at radius 3 is 2.05 bits per heavy atom. The Morgan fingerprint density at radius 1 is 0.552 bits per heavy atom. The topological polar surface area (TPSA) is 6.48 Å². The molecule has 2 nitrogen and oxygen atoms in total. The molecule has 3 aliphatic heterocycles. The first kappa shape index (κ1) is 34.5. The Bertz CT molecular complexity index is 2920. The van der Waals surface area contributed by atoms with Gasteiger partial charge in [0.15, 0.2) is 0 Å². The maximum Gasteiger partial charge on any atom is 0.333 e. The van der Waals surface area contributed by atoms with Crippen molar-refractivity contribution in [2.45, 2.75) is 95.9 Å². The van der Waals surface area contributed by atoms with Crippen LogP contribution in [0.1, 0.15) is 96.4 Å². The zero-order valence-corrected chi connectivity index (χ0v) is 35.0. The number of nitrogens with zero attached hydrogens (tertiary/aromatic N) is 2. The van der Waals surface area contributed by atoms with Crippen LogP contribution in [0.25, 0.3) is 44.2 Å². The third-order valence-corrected chi connectivity index (χ3v) is 15.7. The van der Waals surface area contributed by atoms with Crippen molar-refractivity contribution in [3.8, 4) is 33.4 Å². The first-order valence-corrected chi connectivity index (χ1v) is 21.7. The van der Waals surface area contributed by atoms with Crippen molar-refractivity contribution in [1.82, 2.24) is 0 Å². The fourth-order valence-corrected chi connectivity index (χ4v) is 12.3. The molecule has 2 atom stereocenters. The lowest BCUT2D eigenvalue weighted by atomic mass is 9.43. The summed E-state index contributed by atoms with van der Waals surface area (Å²) >= 11 is 0. The van der Waals surface area contributed by atoms with Gasteiger partial charge in [-0.3, -0.25) is 0 Å². The van der Waals surface area contributed by atoms with Crippen LogP contribution in [0.4, 0.5) is 22.7 Å². The third kappa shape index (κ3) is 4.30. The van der Waals surface area contributed by atoms with Crippen LogP contribution in [0.5, 0.6) is 0 Å². The number of anilines is 4. The minimum absolute atomic E-state index is 0.00235. The van der Waals surface area contributed by atoms with Crippen molar-refractivity contribution < 1.29 is 0 Å². The SMILES string of the molecule is CC(C)(C)c1cc2c3c(c1)C1(C)CCCCC1(C)N3c1cc(-c3ccccc3)cc3c1B2N(c1ccc2c(c1)C(C)(C)c1ccccc1-2)c1cc2ccccc2cc1-3. The van der Waals surface area contributed by atoms with E-state index in [9.17, 15) is 0 Å². The van der Waals surface area contributed by atoms with Crippen LogP contribution in [-0.2, 0) is 16.2 Å². The number of hydrogen-bond acceptors (Lipinski definition) is 2. The number of benzene rings is 7. The zero-order valence-electron chi connectivity index (χ0n) is 35.0. The molecule has 3 heteroatoms. The normalized spacial score (nSPS) is 21.6. The van der Waals surface area contributed by atoms with E-state index in [2.05, 4.69) is 192 Å². The molecule has 7 aromatic rings. The van der Waals surface area contributed by atoms with E-state index in [0.717, 1.165) is 0 Å². The van der Waals surface area contributed by atoms with Gasteiger partial charge in [-0.25, -0.2) is 0 Å². The van der Waals surface area contributed by atoms with Crippen LogP contribution < -0.4 is 20.6 Å². The largest absolute Gasteiger partial charge is 0.376 e. The van der Waals surface area contributed by atoms with Gasteiger partial charge in [0.1, 0.15) is 0 Å². The number of fused-ring (bicyclic) bond motifs is 11. The van der Waals surface area contributed by atoms with Crippen molar-refractivity contribution >= 4 is 51.3 Å². The highest BCUT2D eigenvalue weighted by molar-refractivity contribution is 6.93. The van der Waals surface area contributed by atoms with E-state index >= 15 is 0 Å². The van der Waals surface area contributed by atoms with Gasteiger partial charge in [-0.15, -0.1) is 0 Å². The molecule has 12 rings (SSSR count). The van der Waals surface area contributed by atoms with Crippen molar-refractivity contribution in [3.05, 3.63) is 156 Å². The molecule has 7 aromatic carbocycles. The van der Waals surface area contributed by atoms with Gasteiger partial charge in [0.2, 0.25) is 0 Å². The van der Waals surface area contributed by atoms with Gasteiger partial charge in [0.05, 0.1) is 5.54 Å². The van der Waals surface area contributed by atoms with Crippen LogP contribution in [0, 0.1) is 0 Å². The number of hydrogen-bond donors (Lipinski definition) is 0. The van der Waals surface area contributed by atoms with Gasteiger partial charge in [-0.2, -0.15) is 0 Å². The molecule has 0 radical (unpaired) electrons. The summed E-state index contributed by atoms with van der Waals surface area (Å²) in [5.74, 6) is 0. The zero-order chi connectivity index (χ0) is 39.5. The molecule has 284 valence electrons. The predicted molar refractivity (Wildman–Crippen MR) is 247 cm³/mol. The van der Waals surface area contributed by atoms with E-state index in [-0.39, 0.29) is 28.6 Å². The van der Waals surface area contributed by atoms with Crippen LogP contribution in [0.15, 0.2) is 133 Å². The molecule has 3 heterocycles. The van der Waals surface area contributed by atoms with Crippen molar-refractivity contribution in [1.29, 1.82) is 0 Å². The standard InChI is InChI=1S/C55H51BN2/c1-52(2,3)38-31-46-51-47(32-38)56-50-43(28-37(34-17-9-8-10-18-34)30-49(50)57(51)55(7)26-16-15-25-54(46,55)6)42-27-35-19-11-12-20-36(35)29-48(42)58(56)39-23-24-41-40-21-13-14-22-44(40)53(4,5)45(41)33-39/h8-14,17-24,27-33H,15-16,25-26H2,1-7H3. The van der Waals surface area contributed by atoms with E-state index in [1.807, 2.05) is 0 Å². The molecule has 2 aliphatic carbocycles. The summed E-state index contributed by atoms with van der Waals surface area (Å²) < 4.78 is 0. The van der Waals surface area contributed by atoms with Crippen LogP contribution in [0.3, 0.4) is 0 Å². The Labute approximate surface area is 344 Å². The third-order valence-electron chi connectivity index (χ3n) is 15.7. The highest BCUT2D eigenvalue weighted by Gasteiger charge is 2.62. The van der Waals surface area contributed by atoms with E-state index in [1.54, 1.807) is 5.56 Å². The molecule has 0 saturated heterocycles. The van der Waals surface area contributed by atoms with Gasteiger partial charge < -0.3 is 9.71 Å². The Balaban J connectivity index is 1.23. The molecule has 0 spiro atoms. The second-order valence-electron chi connectivity index (χ2n) is 20.1. The minimum Gasteiger partial charge on any atom is -0.376 e. The van der Waals surface area contributed by atoms with Crippen molar-refractivity contribution in [3.63, 3.8) is 0 Å². The fourth-order valence-electron chi connectivity index (χ4n) is 12.3. The summed E-state index contributed by atoms with van der Waals surface area (Å²) in [6.45, 7) is 17.3. The highest BCUT2D eigenvalue weighted by atomic mass is 15.3. The molecule has 0 amide bonds. The summed E-state index contributed by atoms with van der Waals surface area (Å²) in [5.41, 5.74) is 22.0. The predicted octanol–water partition coefficient (Wildman–Crippen LogP) is 13.1. The first-order chi connectivity index (χ1) is 27.9. The molecule has 0 N–H and O–H groups in total. The molecular formula is C55H51BN2. The highest BCUT2D eigenvalue weighted by Crippen LogP contribution is 2.63. The Kier molecular flexibility index (Phi) is 6.75. The Hall–Kier alpha value is -5.54. The lowest BCUT2D eigenvalue weighted by Crippen LogP contribution is -2.64. The molecule has 58 heavy (non-hydrogen) atoms. The average molecular weight is 751 g/mol. The van der Waals surface area contributed by atoms with Crippen LogP contribution in [0.2, 0.25) is 0 Å². The summed E-state index contributed by atoms with van der Waals surface area (Å²) in [7, 11) is 0. The lowest BCUT2D eigenvalue weighted by molar-refractivity contribution is 0.195. The fraction of sp³-hybridized carbons (Fsp3) is 0.273. The maximum atomic E-state index is 2.89. The second kappa shape index (κ2) is 11.3. The van der Waals surface area contributed by atoms with Gasteiger partial charge >= 0.3 is 6.85 Å². The van der Waals surface area contributed by atoms with Gasteiger partial charge in [-0.05, 0) is 133 Å². The van der Waals surface area contributed by atoms with Gasteiger partial charge in [0.25, 0.3) is 0 Å². The lowest BCUT2D eigenvalue weighted by Gasteiger charge is -2.53. The van der Waals surface area contributed by atoms with Crippen LogP contribution in [-0.4, -0.2) is 12.4 Å². The monoisotopic (exact) mass is 750 g/mol. The summed E-state index contributed by atoms with van der Waals surface area (Å²) in [6.07, 6.45) is 4.93. The summed E-state index contributed by atoms with van der Waals surface area (Å²) in [5, 5.41) is 2.56. The molecule has 5 aliphatic rings. The molecule has 2 unspecified atom stereocenters. The van der Waals surface area contributed by atoms with E-state index in [4.69, 9.17) is 0 Å². The molecule has 0 aromatic heterocycles. The minimum atomic E-state index is -0.104. The maximum absolute atomic E-state index is 2.89. The molecule has 1 fully saturated rings. The second-order valence-corrected chi connectivity index (χ2v) is 20.1. The van der Waals surface area contributed by atoms with E-state index in [0.29, 0.717) is 0 Å². The average Bonchev–Trinajstić information content (AvgIpc) is 3.59. The van der Waals surface area contributed by atoms with Crippen molar-refractivity contribution in [2.75, 3.05) is 9.71 Å². The van der Waals surface area contributed by atoms with E-state index in [1.165, 1.54) is 120 Å². The molecule has 0 bridgehead atoms. The number of rotatable bonds is 2. The quantitative estimate of drug-likeness (QED) is 0.162.